The highest BCUT2D eigenvalue weighted by molar-refractivity contribution is 5.98. The van der Waals surface area contributed by atoms with E-state index in [1.54, 1.807) is 12.1 Å². The van der Waals surface area contributed by atoms with Crippen molar-refractivity contribution in [3.05, 3.63) is 192 Å². The van der Waals surface area contributed by atoms with Crippen molar-refractivity contribution in [3.63, 3.8) is 0 Å². The molecule has 0 atom stereocenters. The number of fused-ring (bicyclic) bond motifs is 1. The molecule has 0 bridgehead atoms. The number of nitrogens with zero attached hydrogens (tertiary/aromatic N) is 3. The van der Waals surface area contributed by atoms with Gasteiger partial charge in [-0.1, -0.05) is 120 Å². The van der Waals surface area contributed by atoms with E-state index in [0.717, 1.165) is 83.6 Å². The fourth-order valence-corrected chi connectivity index (χ4v) is 7.71. The quantitative estimate of drug-likeness (QED) is 0.178. The van der Waals surface area contributed by atoms with E-state index in [1.165, 1.54) is 5.56 Å². The first-order valence-corrected chi connectivity index (χ1v) is 18.8. The van der Waals surface area contributed by atoms with Crippen molar-refractivity contribution < 1.29 is 9.22 Å². The fourth-order valence-electron chi connectivity index (χ4n) is 7.71. The Kier molecular flexibility index (Phi) is 8.01. The summed E-state index contributed by atoms with van der Waals surface area (Å²) >= 11 is 0. The number of imidazole rings is 1. The smallest absolute Gasteiger partial charge is 0.149 e. The van der Waals surface area contributed by atoms with Crippen LogP contribution in [0.5, 0.6) is 5.75 Å². The Bertz CT molecular complexity index is 3010. The van der Waals surface area contributed by atoms with Crippen LogP contribution in [0, 0.1) is 27.6 Å². The molecule has 4 nitrogen and oxygen atoms in total. The molecule has 2 heterocycles. The Labute approximate surface area is 332 Å². The minimum absolute atomic E-state index is 0.141. The average molecular weight is 727 g/mol. The second kappa shape index (κ2) is 14.3. The molecule has 0 saturated carbocycles. The van der Waals surface area contributed by atoms with Gasteiger partial charge in [0.25, 0.3) is 0 Å². The van der Waals surface area contributed by atoms with E-state index >= 15 is 0 Å². The largest absolute Gasteiger partial charge is 0.507 e. The highest BCUT2D eigenvalue weighted by Crippen LogP contribution is 2.42. The van der Waals surface area contributed by atoms with E-state index in [4.69, 9.17) is 14.1 Å². The Morgan fingerprint density at radius 1 is 0.500 bits per heavy atom. The average Bonchev–Trinajstić information content (AvgIpc) is 3.64. The molecule has 9 rings (SSSR count). The number of hydrogen-bond donors (Lipinski definition) is 1. The van der Waals surface area contributed by atoms with E-state index in [9.17, 15) is 5.11 Å². The maximum atomic E-state index is 11.7. The van der Waals surface area contributed by atoms with Gasteiger partial charge < -0.3 is 5.11 Å². The lowest BCUT2D eigenvalue weighted by molar-refractivity contribution is 0.472. The monoisotopic (exact) mass is 726 g/mol. The molecule has 7 aromatic carbocycles. The summed E-state index contributed by atoms with van der Waals surface area (Å²) in [6.07, 6.45) is 1.87. The van der Waals surface area contributed by atoms with Crippen LogP contribution >= 0.6 is 0 Å². The lowest BCUT2D eigenvalue weighted by Gasteiger charge is -2.17. The molecule has 0 aliphatic carbocycles. The summed E-state index contributed by atoms with van der Waals surface area (Å²) < 4.78 is 26.9. The summed E-state index contributed by atoms with van der Waals surface area (Å²) in [4.78, 5) is 10.3. The topological polar surface area (TPSA) is 50.9 Å². The summed E-state index contributed by atoms with van der Waals surface area (Å²) in [6, 6.07) is 54.8. The molecule has 0 radical (unpaired) electrons. The second-order valence-corrected chi connectivity index (χ2v) is 14.5. The van der Waals surface area contributed by atoms with Crippen LogP contribution in [0.3, 0.4) is 0 Å². The lowest BCUT2D eigenvalue weighted by Crippen LogP contribution is -2.01. The maximum Gasteiger partial charge on any atom is 0.149 e. The number of aryl methyl sites for hydroxylation is 4. The Hall–Kier alpha value is -7.04. The van der Waals surface area contributed by atoms with Gasteiger partial charge in [-0.05, 0) is 127 Å². The minimum Gasteiger partial charge on any atom is -0.507 e. The van der Waals surface area contributed by atoms with Gasteiger partial charge in [-0.2, -0.15) is 0 Å². The number of benzene rings is 7. The van der Waals surface area contributed by atoms with Gasteiger partial charge in [-0.25, -0.2) is 4.98 Å². The summed E-state index contributed by atoms with van der Waals surface area (Å²) in [5.74, 6) is 0.685. The van der Waals surface area contributed by atoms with Gasteiger partial charge in [0, 0.05) is 27.0 Å². The summed E-state index contributed by atoms with van der Waals surface area (Å²) in [5, 5.41) is 11.7. The van der Waals surface area contributed by atoms with E-state index in [2.05, 4.69) is 78.2 Å². The zero-order valence-electron chi connectivity index (χ0n) is 34.5. The number of aromatic hydroxyl groups is 1. The molecule has 0 fully saturated rings. The van der Waals surface area contributed by atoms with Gasteiger partial charge in [0.1, 0.15) is 11.6 Å². The summed E-state index contributed by atoms with van der Waals surface area (Å²) in [5.41, 5.74) is 15.6. The van der Waals surface area contributed by atoms with Crippen molar-refractivity contribution in [3.8, 4) is 78.6 Å². The van der Waals surface area contributed by atoms with Crippen LogP contribution in [-0.2, 0) is 0 Å². The normalized spacial score (nSPS) is 12.3. The Morgan fingerprint density at radius 3 is 1.95 bits per heavy atom. The molecule has 0 aliphatic rings. The number of rotatable bonds is 7. The van der Waals surface area contributed by atoms with Gasteiger partial charge in [0.15, 0.2) is 0 Å². The van der Waals surface area contributed by atoms with Crippen LogP contribution in [0.15, 0.2) is 170 Å². The first kappa shape index (κ1) is 31.3. The lowest BCUT2D eigenvalue weighted by atomic mass is 9.93. The third-order valence-electron chi connectivity index (χ3n) is 10.5. The zero-order valence-corrected chi connectivity index (χ0v) is 31.5. The molecule has 4 heteroatoms. The molecule has 9 aromatic rings. The second-order valence-electron chi connectivity index (χ2n) is 14.5. The van der Waals surface area contributed by atoms with Crippen molar-refractivity contribution in [2.45, 2.75) is 27.6 Å². The number of phenolic OH excluding ortho intramolecular Hbond substituents is 1. The third-order valence-corrected chi connectivity index (χ3v) is 10.5. The van der Waals surface area contributed by atoms with E-state index < -0.39 is 6.85 Å². The van der Waals surface area contributed by atoms with Crippen LogP contribution in [0.2, 0.25) is 0 Å². The van der Waals surface area contributed by atoms with E-state index in [0.29, 0.717) is 11.4 Å². The van der Waals surface area contributed by atoms with Gasteiger partial charge in [-0.15, -0.1) is 0 Å². The maximum absolute atomic E-state index is 11.7. The molecule has 0 spiro atoms. The molecule has 0 unspecified atom stereocenters. The summed E-state index contributed by atoms with van der Waals surface area (Å²) in [6.45, 7) is 3.68. The van der Waals surface area contributed by atoms with Crippen LogP contribution in [0.4, 0.5) is 0 Å². The predicted molar refractivity (Wildman–Crippen MR) is 232 cm³/mol. The van der Waals surface area contributed by atoms with Gasteiger partial charge in [0.2, 0.25) is 0 Å². The third kappa shape index (κ3) is 6.46. The van der Waals surface area contributed by atoms with Crippen LogP contribution in [-0.4, -0.2) is 19.6 Å². The number of phenols is 1. The van der Waals surface area contributed by atoms with Gasteiger partial charge in [-0.3, -0.25) is 9.55 Å². The number of aromatic nitrogens is 3. The van der Waals surface area contributed by atoms with E-state index in [-0.39, 0.29) is 11.3 Å². The molecule has 1 N–H and O–H groups in total. The Balaban J connectivity index is 1.32. The number of para-hydroxylation sites is 1. The minimum atomic E-state index is -2.31. The number of pyridine rings is 1. The summed E-state index contributed by atoms with van der Waals surface area (Å²) in [7, 11) is 0. The van der Waals surface area contributed by atoms with Crippen LogP contribution < -0.4 is 0 Å². The molecule has 56 heavy (non-hydrogen) atoms. The first-order valence-electron chi connectivity index (χ1n) is 20.3. The molecule has 2 aromatic heterocycles. The highest BCUT2D eigenvalue weighted by atomic mass is 16.3. The first-order chi connectivity index (χ1) is 28.5. The van der Waals surface area contributed by atoms with Crippen LogP contribution in [0.1, 0.15) is 26.4 Å². The molecule has 270 valence electrons. The van der Waals surface area contributed by atoms with E-state index in [1.807, 2.05) is 105 Å². The van der Waals surface area contributed by atoms with Gasteiger partial charge >= 0.3 is 0 Å². The molecule has 0 aliphatic heterocycles. The molecule has 0 amide bonds. The number of hydrogen-bond acceptors (Lipinski definition) is 3. The SMILES string of the molecule is [2H]C([2H])([2H])c1ccc(-n2c(-c3cc(C)cc(C)c3O)nc3c(-c4cc(-c5ccccc5)cc(-c5cc(-c6ccc(C)cc6)ccn5)c4)cccc32)c(-c2ccccc2)c1. The standard InChI is InChI=1S/C52H41N3O/c1-33-18-21-38(22-19-33)40-24-25-53-47(32-40)43-30-41(37-12-7-5-8-13-37)29-42(31-43)44-16-11-17-49-50(44)54-52(46-28-35(3)26-36(4)51(46)56)55(49)48-23-20-34(2)27-45(48)39-14-9-6-10-15-39/h5-32,56H,1-4H3/i2D3. The molecular weight excluding hydrogens is 683 g/mol. The van der Waals surface area contributed by atoms with Gasteiger partial charge in [0.05, 0.1) is 28.0 Å². The zero-order chi connectivity index (χ0) is 40.8. The molecular formula is C52H41N3O. The van der Waals surface area contributed by atoms with Crippen LogP contribution in [0.25, 0.3) is 83.9 Å². The fraction of sp³-hybridized carbons (Fsp3) is 0.0769. The van der Waals surface area contributed by atoms with Crippen molar-refractivity contribution in [1.82, 2.24) is 14.5 Å². The van der Waals surface area contributed by atoms with Crippen molar-refractivity contribution >= 4 is 11.0 Å². The Morgan fingerprint density at radius 2 is 1.18 bits per heavy atom. The van der Waals surface area contributed by atoms with Crippen molar-refractivity contribution in [2.24, 2.45) is 0 Å². The predicted octanol–water partition coefficient (Wildman–Crippen LogP) is 13.4. The molecule has 0 saturated heterocycles. The highest BCUT2D eigenvalue weighted by Gasteiger charge is 2.23. The van der Waals surface area contributed by atoms with Crippen molar-refractivity contribution in [2.75, 3.05) is 0 Å². The van der Waals surface area contributed by atoms with Crippen molar-refractivity contribution in [1.29, 1.82) is 0 Å².